The molecule has 1 aliphatic rings. The van der Waals surface area contributed by atoms with Gasteiger partial charge in [-0.05, 0) is 43.0 Å². The van der Waals surface area contributed by atoms with Crippen LogP contribution in [0.25, 0.3) is 33.5 Å². The van der Waals surface area contributed by atoms with E-state index in [1.165, 1.54) is 17.6 Å². The number of benzene rings is 1. The second-order valence-corrected chi connectivity index (χ2v) is 7.34. The summed E-state index contributed by atoms with van der Waals surface area (Å²) >= 11 is 0. The minimum Gasteiger partial charge on any atom is -0.341 e. The van der Waals surface area contributed by atoms with Gasteiger partial charge >= 0.3 is 0 Å². The summed E-state index contributed by atoms with van der Waals surface area (Å²) in [5.74, 6) is 0.674. The molecule has 4 aromatic rings. The number of amides is 1. The maximum atomic E-state index is 12.7. The van der Waals surface area contributed by atoms with E-state index >= 15 is 0 Å². The molecule has 8 nitrogen and oxygen atoms in total. The predicted octanol–water partition coefficient (Wildman–Crippen LogP) is 2.46. The second kappa shape index (κ2) is 6.33. The summed E-state index contributed by atoms with van der Waals surface area (Å²) in [7, 11) is 3.62. The van der Waals surface area contributed by atoms with Crippen molar-refractivity contribution in [2.24, 2.45) is 13.0 Å². The van der Waals surface area contributed by atoms with E-state index < -0.39 is 0 Å². The SMILES string of the molecule is CN(CC1CC1)C(=O)c1ccc2ncc(-c3cnc4nn(C)nc4c3)nc2c1. The lowest BCUT2D eigenvalue weighted by molar-refractivity contribution is 0.0789. The van der Waals surface area contributed by atoms with E-state index in [1.807, 2.05) is 31.3 Å². The monoisotopic (exact) mass is 373 g/mol. The highest BCUT2D eigenvalue weighted by molar-refractivity contribution is 5.97. The molecule has 1 saturated carbocycles. The van der Waals surface area contributed by atoms with Gasteiger partial charge in [-0.2, -0.15) is 9.90 Å². The standard InChI is InChI=1S/C20H19N7O/c1-26(11-12-3-4-12)20(28)13-5-6-15-16(7-13)23-18(10-21-15)14-8-17-19(22-9-14)25-27(2)24-17/h5-10,12H,3-4,11H2,1-2H3. The quantitative estimate of drug-likeness (QED) is 0.546. The first-order valence-corrected chi connectivity index (χ1v) is 9.26. The molecule has 0 saturated heterocycles. The smallest absolute Gasteiger partial charge is 0.253 e. The Balaban J connectivity index is 1.50. The van der Waals surface area contributed by atoms with Gasteiger partial charge in [0.1, 0.15) is 5.52 Å². The molecule has 28 heavy (non-hydrogen) atoms. The summed E-state index contributed by atoms with van der Waals surface area (Å²) in [5, 5.41) is 8.48. The van der Waals surface area contributed by atoms with Gasteiger partial charge in [0.15, 0.2) is 0 Å². The number of pyridine rings is 1. The second-order valence-electron chi connectivity index (χ2n) is 7.34. The van der Waals surface area contributed by atoms with Crippen molar-refractivity contribution in [3.8, 4) is 11.3 Å². The van der Waals surface area contributed by atoms with Crippen LogP contribution in [-0.4, -0.2) is 54.3 Å². The number of fused-ring (bicyclic) bond motifs is 2. The molecule has 1 aliphatic carbocycles. The number of nitrogens with zero attached hydrogens (tertiary/aromatic N) is 7. The van der Waals surface area contributed by atoms with Crippen molar-refractivity contribution in [2.75, 3.05) is 13.6 Å². The Kier molecular flexibility index (Phi) is 3.78. The molecule has 0 spiro atoms. The average molecular weight is 373 g/mol. The highest BCUT2D eigenvalue weighted by Gasteiger charge is 2.25. The first kappa shape index (κ1) is 16.7. The molecule has 0 atom stereocenters. The Morgan fingerprint density at radius 2 is 1.96 bits per heavy atom. The fourth-order valence-corrected chi connectivity index (χ4v) is 3.33. The molecule has 8 heteroatoms. The fourth-order valence-electron chi connectivity index (χ4n) is 3.33. The van der Waals surface area contributed by atoms with Gasteiger partial charge in [-0.3, -0.25) is 9.78 Å². The minimum absolute atomic E-state index is 0.0173. The van der Waals surface area contributed by atoms with Gasteiger partial charge in [-0.1, -0.05) is 0 Å². The zero-order valence-electron chi connectivity index (χ0n) is 15.7. The lowest BCUT2D eigenvalue weighted by Crippen LogP contribution is -2.28. The maximum Gasteiger partial charge on any atom is 0.253 e. The average Bonchev–Trinajstić information content (AvgIpc) is 3.43. The molecule has 3 aromatic heterocycles. The van der Waals surface area contributed by atoms with Crippen molar-refractivity contribution < 1.29 is 4.79 Å². The van der Waals surface area contributed by atoms with Crippen LogP contribution in [0.3, 0.4) is 0 Å². The van der Waals surface area contributed by atoms with Gasteiger partial charge in [-0.25, -0.2) is 9.97 Å². The third kappa shape index (κ3) is 3.06. The van der Waals surface area contributed by atoms with Crippen LogP contribution in [0.5, 0.6) is 0 Å². The van der Waals surface area contributed by atoms with Gasteiger partial charge in [-0.15, -0.1) is 5.10 Å². The summed E-state index contributed by atoms with van der Waals surface area (Å²) in [6, 6.07) is 7.36. The van der Waals surface area contributed by atoms with E-state index in [1.54, 1.807) is 24.3 Å². The Labute approximate surface area is 161 Å². The first-order chi connectivity index (χ1) is 13.6. The summed E-state index contributed by atoms with van der Waals surface area (Å²) in [4.78, 5) is 29.5. The molecule has 3 heterocycles. The van der Waals surface area contributed by atoms with Crippen LogP contribution in [0, 0.1) is 5.92 Å². The molecule has 1 fully saturated rings. The summed E-state index contributed by atoms with van der Waals surface area (Å²) in [5.41, 5.74) is 4.85. The normalized spacial score (nSPS) is 13.9. The lowest BCUT2D eigenvalue weighted by atomic mass is 10.1. The maximum absolute atomic E-state index is 12.7. The predicted molar refractivity (Wildman–Crippen MR) is 105 cm³/mol. The molecular weight excluding hydrogens is 354 g/mol. The summed E-state index contributed by atoms with van der Waals surface area (Å²) in [6.07, 6.45) is 5.86. The number of aromatic nitrogens is 6. The van der Waals surface area contributed by atoms with Crippen LogP contribution in [-0.2, 0) is 7.05 Å². The Hall–Kier alpha value is -3.42. The number of hydrogen-bond acceptors (Lipinski definition) is 6. The van der Waals surface area contributed by atoms with E-state index in [0.717, 1.165) is 17.6 Å². The third-order valence-corrected chi connectivity index (χ3v) is 5.00. The van der Waals surface area contributed by atoms with Crippen molar-refractivity contribution in [3.63, 3.8) is 0 Å². The van der Waals surface area contributed by atoms with Crippen molar-refractivity contribution in [1.29, 1.82) is 0 Å². The molecule has 140 valence electrons. The number of carbonyl (C=O) groups excluding carboxylic acids is 1. The number of aryl methyl sites for hydroxylation is 1. The van der Waals surface area contributed by atoms with Crippen molar-refractivity contribution in [3.05, 3.63) is 42.2 Å². The third-order valence-electron chi connectivity index (χ3n) is 5.00. The molecule has 0 bridgehead atoms. The fraction of sp³-hybridized carbons (Fsp3) is 0.300. The van der Waals surface area contributed by atoms with Gasteiger partial charge < -0.3 is 4.90 Å². The summed E-state index contributed by atoms with van der Waals surface area (Å²) in [6.45, 7) is 0.812. The van der Waals surface area contributed by atoms with E-state index in [9.17, 15) is 4.79 Å². The van der Waals surface area contributed by atoms with Gasteiger partial charge in [0.05, 0.1) is 22.9 Å². The zero-order chi connectivity index (χ0) is 19.3. The van der Waals surface area contributed by atoms with E-state index in [4.69, 9.17) is 4.98 Å². The van der Waals surface area contributed by atoms with E-state index in [-0.39, 0.29) is 5.91 Å². The van der Waals surface area contributed by atoms with Crippen LogP contribution in [0.15, 0.2) is 36.7 Å². The van der Waals surface area contributed by atoms with Gasteiger partial charge in [0.2, 0.25) is 5.65 Å². The summed E-state index contributed by atoms with van der Waals surface area (Å²) < 4.78 is 0. The molecular formula is C20H19N7O. The van der Waals surface area contributed by atoms with E-state index in [2.05, 4.69) is 20.2 Å². The van der Waals surface area contributed by atoms with Crippen LogP contribution >= 0.6 is 0 Å². The highest BCUT2D eigenvalue weighted by Crippen LogP contribution is 2.30. The molecule has 1 amide bonds. The van der Waals surface area contributed by atoms with Crippen LogP contribution in [0.4, 0.5) is 0 Å². The highest BCUT2D eigenvalue weighted by atomic mass is 16.2. The molecule has 0 unspecified atom stereocenters. The lowest BCUT2D eigenvalue weighted by Gasteiger charge is -2.16. The Morgan fingerprint density at radius 1 is 1.11 bits per heavy atom. The largest absolute Gasteiger partial charge is 0.341 e. The molecule has 0 radical (unpaired) electrons. The van der Waals surface area contributed by atoms with E-state index in [0.29, 0.717) is 33.9 Å². The van der Waals surface area contributed by atoms with Crippen LogP contribution in [0.1, 0.15) is 23.2 Å². The van der Waals surface area contributed by atoms with Gasteiger partial charge in [0, 0.05) is 38.0 Å². The minimum atomic E-state index is 0.0173. The molecule has 0 aliphatic heterocycles. The van der Waals surface area contributed by atoms with Crippen molar-refractivity contribution >= 4 is 28.1 Å². The van der Waals surface area contributed by atoms with Crippen molar-refractivity contribution in [2.45, 2.75) is 12.8 Å². The number of rotatable bonds is 4. The topological polar surface area (TPSA) is 89.7 Å². The first-order valence-electron chi connectivity index (χ1n) is 9.26. The van der Waals surface area contributed by atoms with Gasteiger partial charge in [0.25, 0.3) is 5.91 Å². The molecule has 0 N–H and O–H groups in total. The number of carbonyl (C=O) groups is 1. The zero-order valence-corrected chi connectivity index (χ0v) is 15.7. The molecule has 5 rings (SSSR count). The van der Waals surface area contributed by atoms with Crippen LogP contribution < -0.4 is 0 Å². The van der Waals surface area contributed by atoms with Crippen molar-refractivity contribution in [1.82, 2.24) is 34.8 Å². The van der Waals surface area contributed by atoms with Crippen LogP contribution in [0.2, 0.25) is 0 Å². The number of hydrogen-bond donors (Lipinski definition) is 0. The Morgan fingerprint density at radius 3 is 2.79 bits per heavy atom. The molecule has 1 aromatic carbocycles. The Bertz CT molecular complexity index is 1210.